The quantitative estimate of drug-likeness (QED) is 0.780. The fourth-order valence-electron chi connectivity index (χ4n) is 2.05. The van der Waals surface area contributed by atoms with Crippen molar-refractivity contribution in [3.63, 3.8) is 0 Å². The Morgan fingerprint density at radius 3 is 2.33 bits per heavy atom. The molecule has 0 radical (unpaired) electrons. The molecular weight excluding hydrogens is 227 g/mol. The Labute approximate surface area is 107 Å². The van der Waals surface area contributed by atoms with Crippen LogP contribution in [0.2, 0.25) is 0 Å². The van der Waals surface area contributed by atoms with Gasteiger partial charge in [-0.25, -0.2) is 4.39 Å². The Morgan fingerprint density at radius 1 is 1.00 bits per heavy atom. The molecule has 2 rings (SSSR count). The van der Waals surface area contributed by atoms with Crippen LogP contribution in [0.3, 0.4) is 0 Å². The van der Waals surface area contributed by atoms with Crippen molar-refractivity contribution in [3.05, 3.63) is 64.5 Å². The van der Waals surface area contributed by atoms with E-state index in [1.807, 2.05) is 13.8 Å². The maximum atomic E-state index is 13.7. The molecule has 0 unspecified atom stereocenters. The van der Waals surface area contributed by atoms with Gasteiger partial charge in [0, 0.05) is 0 Å². The van der Waals surface area contributed by atoms with Crippen LogP contribution >= 0.6 is 0 Å². The number of hydrogen-bond donors (Lipinski definition) is 0. The van der Waals surface area contributed by atoms with E-state index in [4.69, 9.17) is 4.74 Å². The van der Waals surface area contributed by atoms with Crippen molar-refractivity contribution in [1.82, 2.24) is 0 Å². The highest BCUT2D eigenvalue weighted by molar-refractivity contribution is 5.32. The second kappa shape index (κ2) is 5.21. The van der Waals surface area contributed by atoms with Gasteiger partial charge >= 0.3 is 0 Å². The van der Waals surface area contributed by atoms with E-state index in [0.717, 1.165) is 5.56 Å². The highest BCUT2D eigenvalue weighted by Gasteiger charge is 2.06. The molecule has 0 bridgehead atoms. The van der Waals surface area contributed by atoms with E-state index in [1.54, 1.807) is 25.1 Å². The number of ether oxygens (including phenoxy) is 1. The smallest absolute Gasteiger partial charge is 0.167 e. The van der Waals surface area contributed by atoms with Gasteiger partial charge in [0.25, 0.3) is 0 Å². The minimum absolute atomic E-state index is 0.276. The number of hydrogen-bond acceptors (Lipinski definition) is 1. The molecule has 0 spiro atoms. The summed E-state index contributed by atoms with van der Waals surface area (Å²) in [6, 6.07) is 11.4. The van der Waals surface area contributed by atoms with Gasteiger partial charge < -0.3 is 4.74 Å². The fraction of sp³-hybridized carbons (Fsp3) is 0.250. The molecule has 2 heteroatoms. The van der Waals surface area contributed by atoms with Gasteiger partial charge in [-0.15, -0.1) is 0 Å². The topological polar surface area (TPSA) is 9.23 Å². The predicted octanol–water partition coefficient (Wildman–Crippen LogP) is 4.33. The summed E-state index contributed by atoms with van der Waals surface area (Å²) in [6.45, 7) is 6.22. The van der Waals surface area contributed by atoms with E-state index < -0.39 is 0 Å². The summed E-state index contributed by atoms with van der Waals surface area (Å²) in [5, 5.41) is 0. The molecular formula is C16H17FO. The molecule has 18 heavy (non-hydrogen) atoms. The predicted molar refractivity (Wildman–Crippen MR) is 71.4 cm³/mol. The number of benzene rings is 2. The summed E-state index contributed by atoms with van der Waals surface area (Å²) in [7, 11) is 0. The van der Waals surface area contributed by atoms with Crippen molar-refractivity contribution in [2.75, 3.05) is 0 Å². The van der Waals surface area contributed by atoms with Crippen LogP contribution < -0.4 is 4.74 Å². The molecule has 0 saturated carbocycles. The van der Waals surface area contributed by atoms with E-state index in [-0.39, 0.29) is 5.82 Å². The number of aryl methyl sites for hydroxylation is 3. The maximum Gasteiger partial charge on any atom is 0.167 e. The summed E-state index contributed by atoms with van der Waals surface area (Å²) >= 11 is 0. The monoisotopic (exact) mass is 244 g/mol. The second-order valence-electron chi connectivity index (χ2n) is 4.67. The van der Waals surface area contributed by atoms with Crippen molar-refractivity contribution < 1.29 is 9.13 Å². The van der Waals surface area contributed by atoms with Crippen LogP contribution in [0, 0.1) is 26.6 Å². The zero-order valence-electron chi connectivity index (χ0n) is 11.0. The van der Waals surface area contributed by atoms with Gasteiger partial charge in [-0.1, -0.05) is 41.5 Å². The minimum atomic E-state index is -0.276. The molecule has 0 atom stereocenters. The lowest BCUT2D eigenvalue weighted by molar-refractivity contribution is 0.289. The van der Waals surface area contributed by atoms with Gasteiger partial charge in [0.1, 0.15) is 6.61 Å². The van der Waals surface area contributed by atoms with Crippen molar-refractivity contribution in [1.29, 1.82) is 0 Å². The molecule has 0 aliphatic rings. The van der Waals surface area contributed by atoms with Gasteiger partial charge in [-0.05, 0) is 38.0 Å². The van der Waals surface area contributed by atoms with E-state index in [0.29, 0.717) is 17.9 Å². The maximum absolute atomic E-state index is 13.7. The van der Waals surface area contributed by atoms with Gasteiger partial charge in [0.15, 0.2) is 11.6 Å². The number of rotatable bonds is 3. The molecule has 2 aromatic carbocycles. The van der Waals surface area contributed by atoms with Crippen LogP contribution in [-0.4, -0.2) is 0 Å². The molecule has 2 aromatic rings. The average molecular weight is 244 g/mol. The molecule has 0 saturated heterocycles. The van der Waals surface area contributed by atoms with Crippen LogP contribution in [0.4, 0.5) is 4.39 Å². The Morgan fingerprint density at radius 2 is 1.67 bits per heavy atom. The van der Waals surface area contributed by atoms with Gasteiger partial charge in [0.05, 0.1) is 0 Å². The van der Waals surface area contributed by atoms with E-state index in [2.05, 4.69) is 18.2 Å². The first-order chi connectivity index (χ1) is 8.56. The zero-order valence-corrected chi connectivity index (χ0v) is 11.0. The Bertz CT molecular complexity index is 541. The first kappa shape index (κ1) is 12.6. The van der Waals surface area contributed by atoms with Crippen molar-refractivity contribution in [3.8, 4) is 5.75 Å². The van der Waals surface area contributed by atoms with E-state index >= 15 is 0 Å². The van der Waals surface area contributed by atoms with Crippen molar-refractivity contribution in [2.24, 2.45) is 0 Å². The Kier molecular flexibility index (Phi) is 3.66. The van der Waals surface area contributed by atoms with Crippen molar-refractivity contribution in [2.45, 2.75) is 27.4 Å². The largest absolute Gasteiger partial charge is 0.486 e. The average Bonchev–Trinajstić information content (AvgIpc) is 2.30. The minimum Gasteiger partial charge on any atom is -0.486 e. The van der Waals surface area contributed by atoms with Crippen LogP contribution in [0.25, 0.3) is 0 Å². The molecule has 0 fully saturated rings. The highest BCUT2D eigenvalue weighted by atomic mass is 19.1. The standard InChI is InChI=1S/C16H17FO/c1-11-7-12(2)9-14(8-11)10-18-15-6-4-5-13(3)16(15)17/h4-9H,10H2,1-3H3. The second-order valence-corrected chi connectivity index (χ2v) is 4.67. The first-order valence-electron chi connectivity index (χ1n) is 6.01. The lowest BCUT2D eigenvalue weighted by atomic mass is 10.1. The lowest BCUT2D eigenvalue weighted by Crippen LogP contribution is -1.99. The lowest BCUT2D eigenvalue weighted by Gasteiger charge is -2.10. The summed E-state index contributed by atoms with van der Waals surface area (Å²) < 4.78 is 19.3. The van der Waals surface area contributed by atoms with E-state index in [9.17, 15) is 4.39 Å². The first-order valence-corrected chi connectivity index (χ1v) is 6.01. The molecule has 1 nitrogen and oxygen atoms in total. The third-order valence-electron chi connectivity index (χ3n) is 2.83. The van der Waals surface area contributed by atoms with Crippen LogP contribution in [0.15, 0.2) is 36.4 Å². The normalized spacial score (nSPS) is 10.4. The van der Waals surface area contributed by atoms with Crippen LogP contribution in [0.1, 0.15) is 22.3 Å². The molecule has 94 valence electrons. The van der Waals surface area contributed by atoms with Crippen LogP contribution in [0.5, 0.6) is 5.75 Å². The molecule has 0 aromatic heterocycles. The molecule has 0 N–H and O–H groups in total. The number of halogens is 1. The Balaban J connectivity index is 2.14. The summed E-state index contributed by atoms with van der Waals surface area (Å²) in [6.07, 6.45) is 0. The van der Waals surface area contributed by atoms with Crippen molar-refractivity contribution >= 4 is 0 Å². The molecule has 0 heterocycles. The van der Waals surface area contributed by atoms with Gasteiger partial charge in [0.2, 0.25) is 0 Å². The molecule has 0 aliphatic carbocycles. The third-order valence-corrected chi connectivity index (χ3v) is 2.83. The highest BCUT2D eigenvalue weighted by Crippen LogP contribution is 2.21. The van der Waals surface area contributed by atoms with E-state index in [1.165, 1.54) is 11.1 Å². The van der Waals surface area contributed by atoms with Gasteiger partial charge in [-0.3, -0.25) is 0 Å². The zero-order chi connectivity index (χ0) is 13.1. The summed E-state index contributed by atoms with van der Waals surface area (Å²) in [4.78, 5) is 0. The summed E-state index contributed by atoms with van der Waals surface area (Å²) in [5.41, 5.74) is 4.05. The van der Waals surface area contributed by atoms with Gasteiger partial charge in [-0.2, -0.15) is 0 Å². The molecule has 0 amide bonds. The van der Waals surface area contributed by atoms with Crippen LogP contribution in [-0.2, 0) is 6.61 Å². The SMILES string of the molecule is Cc1cc(C)cc(COc2cccc(C)c2F)c1. The third kappa shape index (κ3) is 2.89. The summed E-state index contributed by atoms with van der Waals surface area (Å²) in [5.74, 6) is 0.0380. The Hall–Kier alpha value is -1.83. The fourth-order valence-corrected chi connectivity index (χ4v) is 2.05. The molecule has 0 aliphatic heterocycles.